The van der Waals surface area contributed by atoms with Crippen LogP contribution < -0.4 is 0 Å². The summed E-state index contributed by atoms with van der Waals surface area (Å²) in [4.78, 5) is 19.7. The number of amides is 1. The molecule has 1 N–H and O–H groups in total. The summed E-state index contributed by atoms with van der Waals surface area (Å²) in [6.07, 6.45) is 5.15. The monoisotopic (exact) mass is 362 g/mol. The molecule has 3 nitrogen and oxygen atoms in total. The van der Waals surface area contributed by atoms with Crippen molar-refractivity contribution >= 4 is 28.6 Å². The molecule has 0 bridgehead atoms. The van der Waals surface area contributed by atoms with Gasteiger partial charge in [0.1, 0.15) is 0 Å². The van der Waals surface area contributed by atoms with Crippen LogP contribution in [0.2, 0.25) is 0 Å². The largest absolute Gasteiger partial charge is 0.361 e. The van der Waals surface area contributed by atoms with E-state index in [-0.39, 0.29) is 5.25 Å². The molecule has 0 radical (unpaired) electrons. The number of nitrogens with zero attached hydrogens (tertiary/aromatic N) is 1. The summed E-state index contributed by atoms with van der Waals surface area (Å²) in [5.74, 6) is 0.868. The molecule has 3 heterocycles. The molecule has 2 aliphatic heterocycles. The number of fused-ring (bicyclic) bond motifs is 2. The summed E-state index contributed by atoms with van der Waals surface area (Å²) in [6.45, 7) is 1.74. The second-order valence-corrected chi connectivity index (χ2v) is 8.55. The molecule has 0 saturated carbocycles. The summed E-state index contributed by atoms with van der Waals surface area (Å²) >= 11 is 1.74. The molecular weight excluding hydrogens is 340 g/mol. The van der Waals surface area contributed by atoms with Gasteiger partial charge >= 0.3 is 0 Å². The van der Waals surface area contributed by atoms with Crippen molar-refractivity contribution in [1.29, 1.82) is 0 Å². The number of rotatable bonds is 2. The van der Waals surface area contributed by atoms with Gasteiger partial charge in [-0.2, -0.15) is 0 Å². The van der Waals surface area contributed by atoms with Crippen LogP contribution >= 0.6 is 11.8 Å². The van der Waals surface area contributed by atoms with Gasteiger partial charge in [-0.15, -0.1) is 11.8 Å². The van der Waals surface area contributed by atoms with Gasteiger partial charge in [0.05, 0.1) is 5.25 Å². The first-order valence-electron chi connectivity index (χ1n) is 9.39. The normalized spacial score (nSPS) is 20.5. The Labute approximate surface area is 157 Å². The molecule has 0 spiro atoms. The molecule has 0 unspecified atom stereocenters. The van der Waals surface area contributed by atoms with Crippen molar-refractivity contribution in [2.45, 2.75) is 35.3 Å². The Morgan fingerprint density at radius 2 is 1.81 bits per heavy atom. The third-order valence-corrected chi connectivity index (χ3v) is 7.10. The fourth-order valence-corrected chi connectivity index (χ4v) is 5.65. The van der Waals surface area contributed by atoms with Gasteiger partial charge in [0.25, 0.3) is 0 Å². The number of para-hydroxylation sites is 1. The first-order chi connectivity index (χ1) is 12.8. The second-order valence-electron chi connectivity index (χ2n) is 7.31. The van der Waals surface area contributed by atoms with E-state index >= 15 is 0 Å². The van der Waals surface area contributed by atoms with Crippen LogP contribution in [0.1, 0.15) is 29.9 Å². The molecule has 26 heavy (non-hydrogen) atoms. The lowest BCUT2D eigenvalue weighted by molar-refractivity contribution is -0.131. The highest BCUT2D eigenvalue weighted by molar-refractivity contribution is 8.01. The number of aromatic amines is 1. The molecule has 4 heteroatoms. The predicted octanol–water partition coefficient (Wildman–Crippen LogP) is 4.59. The van der Waals surface area contributed by atoms with Gasteiger partial charge in [0.2, 0.25) is 5.91 Å². The van der Waals surface area contributed by atoms with Crippen molar-refractivity contribution in [1.82, 2.24) is 9.88 Å². The molecule has 1 atom stereocenters. The van der Waals surface area contributed by atoms with Crippen molar-refractivity contribution < 1.29 is 4.79 Å². The minimum Gasteiger partial charge on any atom is -0.361 e. The van der Waals surface area contributed by atoms with Gasteiger partial charge < -0.3 is 9.88 Å². The number of likely N-dealkylation sites (tertiary alicyclic amines) is 1. The second kappa shape index (κ2) is 6.51. The maximum Gasteiger partial charge on any atom is 0.236 e. The predicted molar refractivity (Wildman–Crippen MR) is 107 cm³/mol. The molecule has 2 aromatic carbocycles. The number of H-pyrrole nitrogens is 1. The Kier molecular flexibility index (Phi) is 4.01. The third kappa shape index (κ3) is 2.73. The van der Waals surface area contributed by atoms with Crippen molar-refractivity contribution in [3.8, 4) is 0 Å². The van der Waals surface area contributed by atoms with Gasteiger partial charge in [0, 0.05) is 35.1 Å². The van der Waals surface area contributed by atoms with Crippen LogP contribution in [0.25, 0.3) is 10.9 Å². The highest BCUT2D eigenvalue weighted by Gasteiger charge is 2.33. The van der Waals surface area contributed by atoms with Crippen LogP contribution in [0.5, 0.6) is 0 Å². The van der Waals surface area contributed by atoms with Gasteiger partial charge in [-0.1, -0.05) is 36.4 Å². The molecule has 0 aliphatic carbocycles. The van der Waals surface area contributed by atoms with Crippen LogP contribution in [0.15, 0.2) is 59.6 Å². The quantitative estimate of drug-likeness (QED) is 0.724. The average Bonchev–Trinajstić information content (AvgIpc) is 3.32. The summed E-state index contributed by atoms with van der Waals surface area (Å²) in [5.41, 5.74) is 3.95. The minimum absolute atomic E-state index is 0.0667. The highest BCUT2D eigenvalue weighted by atomic mass is 32.2. The van der Waals surface area contributed by atoms with E-state index in [1.54, 1.807) is 11.8 Å². The number of carbonyl (C=O) groups excluding carboxylic acids is 1. The van der Waals surface area contributed by atoms with Crippen LogP contribution in [-0.4, -0.2) is 34.1 Å². The smallest absolute Gasteiger partial charge is 0.236 e. The van der Waals surface area contributed by atoms with Gasteiger partial charge in [-0.3, -0.25) is 4.79 Å². The Hall–Kier alpha value is -2.20. The number of carbonyl (C=O) groups is 1. The zero-order valence-corrected chi connectivity index (χ0v) is 15.5. The fourth-order valence-electron chi connectivity index (χ4n) is 4.37. The first-order valence-corrected chi connectivity index (χ1v) is 10.3. The van der Waals surface area contributed by atoms with Crippen LogP contribution in [-0.2, 0) is 11.2 Å². The topological polar surface area (TPSA) is 36.1 Å². The van der Waals surface area contributed by atoms with Crippen LogP contribution in [0.3, 0.4) is 0 Å². The molecule has 1 fully saturated rings. The van der Waals surface area contributed by atoms with E-state index in [4.69, 9.17) is 0 Å². The summed E-state index contributed by atoms with van der Waals surface area (Å²) in [6, 6.07) is 16.9. The highest BCUT2D eigenvalue weighted by Crippen LogP contribution is 2.39. The molecule has 1 aromatic heterocycles. The number of piperidine rings is 1. The zero-order valence-electron chi connectivity index (χ0n) is 14.7. The van der Waals surface area contributed by atoms with Crippen molar-refractivity contribution in [3.05, 3.63) is 65.9 Å². The number of hydrogen-bond acceptors (Lipinski definition) is 2. The lowest BCUT2D eigenvalue weighted by atomic mass is 9.89. The van der Waals surface area contributed by atoms with E-state index in [2.05, 4.69) is 64.6 Å². The first kappa shape index (κ1) is 16.0. The maximum atomic E-state index is 13.0. The minimum atomic E-state index is 0.0667. The summed E-state index contributed by atoms with van der Waals surface area (Å²) < 4.78 is 0. The lowest BCUT2D eigenvalue weighted by Gasteiger charge is -2.33. The van der Waals surface area contributed by atoms with E-state index in [9.17, 15) is 4.79 Å². The Balaban J connectivity index is 1.25. The van der Waals surface area contributed by atoms with E-state index in [1.165, 1.54) is 26.9 Å². The van der Waals surface area contributed by atoms with Gasteiger partial charge in [-0.25, -0.2) is 0 Å². The van der Waals surface area contributed by atoms with E-state index < -0.39 is 0 Å². The Morgan fingerprint density at radius 1 is 1.04 bits per heavy atom. The number of aromatic nitrogens is 1. The van der Waals surface area contributed by atoms with E-state index in [0.29, 0.717) is 11.8 Å². The molecule has 1 amide bonds. The van der Waals surface area contributed by atoms with E-state index in [1.807, 2.05) is 0 Å². The van der Waals surface area contributed by atoms with Gasteiger partial charge in [0.15, 0.2) is 0 Å². The average molecular weight is 362 g/mol. The standard InChI is InChI=1S/C22H22N2OS/c25-22(21-13-16-5-1-4-8-20(16)26-21)24-11-9-15(10-12-24)18-14-23-19-7-3-2-6-17(18)19/h1-8,14-15,21,23H,9-13H2/t21-/m0/s1. The SMILES string of the molecule is O=C([C@@H]1Cc2ccccc2S1)N1CCC(c2c[nH]c3ccccc23)CC1. The van der Waals surface area contributed by atoms with E-state index in [0.717, 1.165) is 32.4 Å². The van der Waals surface area contributed by atoms with Crippen LogP contribution in [0, 0.1) is 0 Å². The van der Waals surface area contributed by atoms with Gasteiger partial charge in [-0.05, 0) is 48.4 Å². The summed E-state index contributed by atoms with van der Waals surface area (Å²) in [5, 5.41) is 1.40. The van der Waals surface area contributed by atoms with Crippen molar-refractivity contribution in [2.75, 3.05) is 13.1 Å². The number of thioether (sulfide) groups is 1. The number of nitrogens with one attached hydrogen (secondary N) is 1. The zero-order chi connectivity index (χ0) is 17.5. The van der Waals surface area contributed by atoms with Crippen molar-refractivity contribution in [2.24, 2.45) is 0 Å². The fraction of sp³-hybridized carbons (Fsp3) is 0.318. The molecular formula is C22H22N2OS. The number of benzene rings is 2. The Bertz CT molecular complexity index is 930. The molecule has 2 aliphatic rings. The third-order valence-electron chi connectivity index (χ3n) is 5.79. The summed E-state index contributed by atoms with van der Waals surface area (Å²) in [7, 11) is 0. The van der Waals surface area contributed by atoms with Crippen molar-refractivity contribution in [3.63, 3.8) is 0 Å². The Morgan fingerprint density at radius 3 is 2.65 bits per heavy atom. The molecule has 132 valence electrons. The number of hydrogen-bond donors (Lipinski definition) is 1. The van der Waals surface area contributed by atoms with Crippen LogP contribution in [0.4, 0.5) is 0 Å². The molecule has 5 rings (SSSR count). The lowest BCUT2D eigenvalue weighted by Crippen LogP contribution is -2.42. The molecule has 1 saturated heterocycles. The molecule has 3 aromatic rings. The maximum absolute atomic E-state index is 13.0.